The molecule has 0 fully saturated rings. The van der Waals surface area contributed by atoms with Gasteiger partial charge < -0.3 is 4.74 Å². The molecular weight excluding hydrogens is 198 g/mol. The zero-order valence-electron chi connectivity index (χ0n) is 8.21. The lowest BCUT2D eigenvalue weighted by Gasteiger charge is -2.08. The highest BCUT2D eigenvalue weighted by Gasteiger charge is 2.12. The monoisotopic (exact) mass is 208 g/mol. The van der Waals surface area contributed by atoms with Gasteiger partial charge in [-0.25, -0.2) is 8.78 Å². The van der Waals surface area contributed by atoms with E-state index >= 15 is 0 Å². The van der Waals surface area contributed by atoms with Crippen molar-refractivity contribution in [2.45, 2.75) is 6.43 Å². The Kier molecular flexibility index (Phi) is 2.54. The molecule has 3 heteroatoms. The second kappa shape index (κ2) is 3.85. The van der Waals surface area contributed by atoms with E-state index in [4.69, 9.17) is 4.74 Å². The summed E-state index contributed by atoms with van der Waals surface area (Å²) in [5, 5.41) is 1.35. The van der Waals surface area contributed by atoms with Crippen molar-refractivity contribution in [2.75, 3.05) is 7.11 Å². The Bertz CT molecular complexity index is 480. The van der Waals surface area contributed by atoms with Gasteiger partial charge in [-0.15, -0.1) is 0 Å². The van der Waals surface area contributed by atoms with Crippen molar-refractivity contribution < 1.29 is 13.5 Å². The van der Waals surface area contributed by atoms with Gasteiger partial charge in [-0.1, -0.05) is 24.3 Å². The van der Waals surface area contributed by atoms with E-state index in [0.717, 1.165) is 5.39 Å². The van der Waals surface area contributed by atoms with Crippen molar-refractivity contribution in [3.8, 4) is 5.75 Å². The summed E-state index contributed by atoms with van der Waals surface area (Å²) in [5.74, 6) is 0.462. The highest BCUT2D eigenvalue weighted by Crippen LogP contribution is 2.31. The molecule has 2 aromatic carbocycles. The van der Waals surface area contributed by atoms with Crippen LogP contribution in [0.15, 0.2) is 36.4 Å². The first-order valence-electron chi connectivity index (χ1n) is 4.57. The molecule has 0 bridgehead atoms. The van der Waals surface area contributed by atoms with Crippen LogP contribution in [0.1, 0.15) is 12.0 Å². The van der Waals surface area contributed by atoms with Crippen LogP contribution in [0.25, 0.3) is 10.8 Å². The van der Waals surface area contributed by atoms with Crippen molar-refractivity contribution in [2.24, 2.45) is 0 Å². The van der Waals surface area contributed by atoms with Crippen molar-refractivity contribution in [1.29, 1.82) is 0 Å². The van der Waals surface area contributed by atoms with Crippen molar-refractivity contribution in [3.63, 3.8) is 0 Å². The molecule has 2 aromatic rings. The molecular formula is C12H10F2O. The fourth-order valence-electron chi connectivity index (χ4n) is 1.61. The molecule has 0 heterocycles. The van der Waals surface area contributed by atoms with Gasteiger partial charge in [0.05, 0.1) is 7.11 Å². The molecule has 0 spiro atoms. The number of ether oxygens (including phenoxy) is 1. The van der Waals surface area contributed by atoms with Gasteiger partial charge in [-0.2, -0.15) is 0 Å². The number of hydrogen-bond acceptors (Lipinski definition) is 1. The molecule has 0 radical (unpaired) electrons. The van der Waals surface area contributed by atoms with Gasteiger partial charge in [-0.05, 0) is 22.9 Å². The third-order valence-electron chi connectivity index (χ3n) is 2.34. The maximum absolute atomic E-state index is 12.8. The lowest BCUT2D eigenvalue weighted by Crippen LogP contribution is -1.90. The van der Waals surface area contributed by atoms with E-state index in [9.17, 15) is 8.78 Å². The van der Waals surface area contributed by atoms with Crippen LogP contribution in [0.4, 0.5) is 8.78 Å². The number of methoxy groups -OCH3 is 1. The Balaban J connectivity index is 2.74. The Labute approximate surface area is 86.3 Å². The quantitative estimate of drug-likeness (QED) is 0.729. The lowest BCUT2D eigenvalue weighted by molar-refractivity contribution is 0.153. The van der Waals surface area contributed by atoms with Gasteiger partial charge in [0, 0.05) is 5.56 Å². The molecule has 0 saturated carbocycles. The fourth-order valence-corrected chi connectivity index (χ4v) is 1.61. The highest BCUT2D eigenvalue weighted by molar-refractivity contribution is 5.87. The molecule has 78 valence electrons. The van der Waals surface area contributed by atoms with Gasteiger partial charge >= 0.3 is 0 Å². The summed E-state index contributed by atoms with van der Waals surface area (Å²) in [6.45, 7) is 0. The first kappa shape index (κ1) is 9.90. The Hall–Kier alpha value is -1.64. The molecule has 0 aromatic heterocycles. The zero-order valence-corrected chi connectivity index (χ0v) is 8.21. The van der Waals surface area contributed by atoms with E-state index in [1.54, 1.807) is 24.3 Å². The first-order valence-corrected chi connectivity index (χ1v) is 4.57. The van der Waals surface area contributed by atoms with Crippen molar-refractivity contribution in [1.82, 2.24) is 0 Å². The summed E-state index contributed by atoms with van der Waals surface area (Å²) in [6.07, 6.45) is -2.48. The Morgan fingerprint density at radius 1 is 1.13 bits per heavy atom. The fraction of sp³-hybridized carbons (Fsp3) is 0.167. The Morgan fingerprint density at radius 3 is 2.53 bits per heavy atom. The predicted octanol–water partition coefficient (Wildman–Crippen LogP) is 3.79. The van der Waals surface area contributed by atoms with Crippen LogP contribution in [0.2, 0.25) is 0 Å². The molecule has 0 atom stereocenters. The minimum atomic E-state index is -2.48. The molecule has 2 rings (SSSR count). The average Bonchev–Trinajstić information content (AvgIpc) is 2.27. The minimum absolute atomic E-state index is 0.0185. The number of rotatable bonds is 2. The average molecular weight is 208 g/mol. The predicted molar refractivity (Wildman–Crippen MR) is 55.5 cm³/mol. The lowest BCUT2D eigenvalue weighted by atomic mass is 10.0. The van der Waals surface area contributed by atoms with Crippen LogP contribution in [-0.4, -0.2) is 7.11 Å². The zero-order chi connectivity index (χ0) is 10.8. The van der Waals surface area contributed by atoms with Gasteiger partial charge in [0.2, 0.25) is 0 Å². The highest BCUT2D eigenvalue weighted by atomic mass is 19.3. The van der Waals surface area contributed by atoms with Crippen LogP contribution >= 0.6 is 0 Å². The van der Waals surface area contributed by atoms with E-state index in [0.29, 0.717) is 11.1 Å². The number of hydrogen-bond donors (Lipinski definition) is 0. The van der Waals surface area contributed by atoms with E-state index < -0.39 is 6.43 Å². The van der Waals surface area contributed by atoms with E-state index in [1.165, 1.54) is 13.2 Å². The summed E-state index contributed by atoms with van der Waals surface area (Å²) < 4.78 is 30.5. The molecule has 0 aliphatic rings. The first-order chi connectivity index (χ1) is 7.22. The van der Waals surface area contributed by atoms with Gasteiger partial charge in [-0.3, -0.25) is 0 Å². The second-order valence-corrected chi connectivity index (χ2v) is 3.24. The summed E-state index contributed by atoms with van der Waals surface area (Å²) in [4.78, 5) is 0. The molecule has 0 saturated heterocycles. The van der Waals surface area contributed by atoms with Gasteiger partial charge in [0.25, 0.3) is 6.43 Å². The third-order valence-corrected chi connectivity index (χ3v) is 2.34. The SMILES string of the molecule is COc1cc(C(F)F)c2ccccc2c1. The maximum atomic E-state index is 12.8. The van der Waals surface area contributed by atoms with Crippen molar-refractivity contribution in [3.05, 3.63) is 42.0 Å². The second-order valence-electron chi connectivity index (χ2n) is 3.24. The molecule has 0 aliphatic heterocycles. The van der Waals surface area contributed by atoms with Crippen LogP contribution in [0.5, 0.6) is 5.75 Å². The van der Waals surface area contributed by atoms with Crippen LogP contribution in [0, 0.1) is 0 Å². The van der Waals surface area contributed by atoms with Gasteiger partial charge in [0.1, 0.15) is 5.75 Å². The summed E-state index contributed by atoms with van der Waals surface area (Å²) in [5.41, 5.74) is 0.0185. The topological polar surface area (TPSA) is 9.23 Å². The largest absolute Gasteiger partial charge is 0.497 e. The summed E-state index contributed by atoms with van der Waals surface area (Å²) in [6, 6.07) is 10.2. The van der Waals surface area contributed by atoms with E-state index in [2.05, 4.69) is 0 Å². The summed E-state index contributed by atoms with van der Waals surface area (Å²) >= 11 is 0. The smallest absolute Gasteiger partial charge is 0.264 e. The molecule has 15 heavy (non-hydrogen) atoms. The maximum Gasteiger partial charge on any atom is 0.264 e. The van der Waals surface area contributed by atoms with Crippen LogP contribution < -0.4 is 4.74 Å². The molecule has 0 unspecified atom stereocenters. The molecule has 0 amide bonds. The molecule has 0 aliphatic carbocycles. The van der Waals surface area contributed by atoms with Gasteiger partial charge in [0.15, 0.2) is 0 Å². The normalized spacial score (nSPS) is 10.9. The van der Waals surface area contributed by atoms with Crippen LogP contribution in [0.3, 0.4) is 0 Å². The number of fused-ring (bicyclic) bond motifs is 1. The van der Waals surface area contributed by atoms with E-state index in [1.807, 2.05) is 6.07 Å². The third kappa shape index (κ3) is 1.77. The Morgan fingerprint density at radius 2 is 1.87 bits per heavy atom. The van der Waals surface area contributed by atoms with Crippen molar-refractivity contribution >= 4 is 10.8 Å². The van der Waals surface area contributed by atoms with E-state index in [-0.39, 0.29) is 5.56 Å². The molecule has 1 nitrogen and oxygen atoms in total. The van der Waals surface area contributed by atoms with Crippen LogP contribution in [-0.2, 0) is 0 Å². The summed E-state index contributed by atoms with van der Waals surface area (Å²) in [7, 11) is 1.47. The number of halogens is 2. The number of benzene rings is 2. The molecule has 0 N–H and O–H groups in total. The number of alkyl halides is 2. The minimum Gasteiger partial charge on any atom is -0.497 e. The standard InChI is InChI=1S/C12H10F2O/c1-15-9-6-8-4-2-3-5-10(8)11(7-9)12(13)14/h2-7,12H,1H3.